The summed E-state index contributed by atoms with van der Waals surface area (Å²) in [4.78, 5) is 11.9. The van der Waals surface area contributed by atoms with E-state index in [1.54, 1.807) is 18.2 Å². The molecule has 19 heavy (non-hydrogen) atoms. The van der Waals surface area contributed by atoms with Crippen molar-refractivity contribution < 1.29 is 9.90 Å². The lowest BCUT2D eigenvalue weighted by atomic mass is 10.1. The molecule has 1 saturated carbocycles. The van der Waals surface area contributed by atoms with E-state index in [1.165, 1.54) is 25.7 Å². The van der Waals surface area contributed by atoms with Crippen LogP contribution in [0.3, 0.4) is 0 Å². The SMILES string of the molecule is CSC1(CNC(=O)Cc2cccc(O)c2)CCCC1. The van der Waals surface area contributed by atoms with Crippen LogP contribution in [0.15, 0.2) is 24.3 Å². The number of carbonyl (C=O) groups is 1. The number of phenols is 1. The second-order valence-corrected chi connectivity index (χ2v) is 6.49. The van der Waals surface area contributed by atoms with Gasteiger partial charge < -0.3 is 10.4 Å². The number of aromatic hydroxyl groups is 1. The molecule has 0 radical (unpaired) electrons. The summed E-state index contributed by atoms with van der Waals surface area (Å²) in [5, 5.41) is 12.4. The Morgan fingerprint density at radius 1 is 1.42 bits per heavy atom. The molecule has 4 heteroatoms. The maximum atomic E-state index is 11.9. The minimum Gasteiger partial charge on any atom is -0.508 e. The molecule has 1 aromatic carbocycles. The summed E-state index contributed by atoms with van der Waals surface area (Å²) in [5.74, 6) is 0.243. The van der Waals surface area contributed by atoms with E-state index in [9.17, 15) is 9.90 Å². The molecule has 0 saturated heterocycles. The number of thioether (sulfide) groups is 1. The molecule has 1 aliphatic carbocycles. The first-order valence-corrected chi connectivity index (χ1v) is 7.96. The molecule has 0 heterocycles. The van der Waals surface area contributed by atoms with Gasteiger partial charge in [0, 0.05) is 11.3 Å². The summed E-state index contributed by atoms with van der Waals surface area (Å²) in [6.07, 6.45) is 7.39. The second kappa shape index (κ2) is 6.33. The van der Waals surface area contributed by atoms with E-state index in [0.29, 0.717) is 6.42 Å². The van der Waals surface area contributed by atoms with E-state index in [4.69, 9.17) is 0 Å². The van der Waals surface area contributed by atoms with Gasteiger partial charge in [-0.25, -0.2) is 0 Å². The van der Waals surface area contributed by atoms with Crippen LogP contribution in [-0.4, -0.2) is 28.6 Å². The van der Waals surface area contributed by atoms with Crippen LogP contribution in [0.5, 0.6) is 5.75 Å². The third kappa shape index (κ3) is 3.90. The molecule has 0 aliphatic heterocycles. The van der Waals surface area contributed by atoms with Crippen molar-refractivity contribution in [3.8, 4) is 5.75 Å². The van der Waals surface area contributed by atoms with Gasteiger partial charge in [-0.2, -0.15) is 11.8 Å². The van der Waals surface area contributed by atoms with E-state index >= 15 is 0 Å². The highest BCUT2D eigenvalue weighted by Gasteiger charge is 2.33. The summed E-state index contributed by atoms with van der Waals surface area (Å²) in [6, 6.07) is 6.87. The van der Waals surface area contributed by atoms with E-state index < -0.39 is 0 Å². The fraction of sp³-hybridized carbons (Fsp3) is 0.533. The van der Waals surface area contributed by atoms with Gasteiger partial charge in [-0.15, -0.1) is 0 Å². The molecule has 0 aromatic heterocycles. The Morgan fingerprint density at radius 2 is 2.16 bits per heavy atom. The lowest BCUT2D eigenvalue weighted by Gasteiger charge is -2.26. The normalized spacial score (nSPS) is 17.3. The molecule has 1 aromatic rings. The smallest absolute Gasteiger partial charge is 0.224 e. The summed E-state index contributed by atoms with van der Waals surface area (Å²) >= 11 is 1.88. The summed E-state index contributed by atoms with van der Waals surface area (Å²) in [5.41, 5.74) is 0.849. The van der Waals surface area contributed by atoms with Crippen LogP contribution in [0.1, 0.15) is 31.2 Å². The van der Waals surface area contributed by atoms with Crippen molar-refractivity contribution >= 4 is 17.7 Å². The van der Waals surface area contributed by atoms with Crippen molar-refractivity contribution in [3.63, 3.8) is 0 Å². The Balaban J connectivity index is 1.84. The van der Waals surface area contributed by atoms with E-state index in [0.717, 1.165) is 12.1 Å². The van der Waals surface area contributed by atoms with Crippen molar-refractivity contribution in [1.29, 1.82) is 0 Å². The summed E-state index contributed by atoms with van der Waals surface area (Å²) in [7, 11) is 0. The summed E-state index contributed by atoms with van der Waals surface area (Å²) in [6.45, 7) is 0.756. The summed E-state index contributed by atoms with van der Waals surface area (Å²) < 4.78 is 0.245. The minimum absolute atomic E-state index is 0.0333. The number of carbonyl (C=O) groups excluding carboxylic acids is 1. The van der Waals surface area contributed by atoms with Crippen molar-refractivity contribution in [2.24, 2.45) is 0 Å². The van der Waals surface area contributed by atoms with Crippen molar-refractivity contribution in [2.75, 3.05) is 12.8 Å². The van der Waals surface area contributed by atoms with Gasteiger partial charge in [-0.05, 0) is 36.8 Å². The molecule has 0 atom stereocenters. The first-order chi connectivity index (χ1) is 9.13. The molecule has 1 amide bonds. The molecule has 2 N–H and O–H groups in total. The predicted octanol–water partition coefficient (Wildman–Crippen LogP) is 2.73. The van der Waals surface area contributed by atoms with Gasteiger partial charge in [0.1, 0.15) is 5.75 Å². The predicted molar refractivity (Wildman–Crippen MR) is 79.5 cm³/mol. The average molecular weight is 279 g/mol. The van der Waals surface area contributed by atoms with Gasteiger partial charge >= 0.3 is 0 Å². The fourth-order valence-electron chi connectivity index (χ4n) is 2.65. The minimum atomic E-state index is 0.0333. The highest BCUT2D eigenvalue weighted by molar-refractivity contribution is 8.00. The molecular formula is C15H21NO2S. The topological polar surface area (TPSA) is 49.3 Å². The van der Waals surface area contributed by atoms with E-state index in [2.05, 4.69) is 11.6 Å². The number of rotatable bonds is 5. The molecule has 0 unspecified atom stereocenters. The highest BCUT2D eigenvalue weighted by atomic mass is 32.2. The van der Waals surface area contributed by atoms with Crippen molar-refractivity contribution in [2.45, 2.75) is 36.9 Å². The standard InChI is InChI=1S/C15H21NO2S/c1-19-15(7-2-3-8-15)11-16-14(18)10-12-5-4-6-13(17)9-12/h4-6,9,17H,2-3,7-8,10-11H2,1H3,(H,16,18). The van der Waals surface area contributed by atoms with Gasteiger partial charge in [-0.1, -0.05) is 25.0 Å². The van der Waals surface area contributed by atoms with Crippen LogP contribution in [0.2, 0.25) is 0 Å². The molecular weight excluding hydrogens is 258 g/mol. The Hall–Kier alpha value is -1.16. The third-order valence-electron chi connectivity index (χ3n) is 3.83. The Kier molecular flexibility index (Phi) is 4.75. The van der Waals surface area contributed by atoms with Crippen LogP contribution in [0.25, 0.3) is 0 Å². The molecule has 1 aliphatic rings. The Bertz CT molecular complexity index is 442. The van der Waals surface area contributed by atoms with Gasteiger partial charge in [0.05, 0.1) is 6.42 Å². The van der Waals surface area contributed by atoms with Crippen LogP contribution >= 0.6 is 11.8 Å². The van der Waals surface area contributed by atoms with Gasteiger partial charge in [0.25, 0.3) is 0 Å². The maximum Gasteiger partial charge on any atom is 0.224 e. The molecule has 2 rings (SSSR count). The quantitative estimate of drug-likeness (QED) is 0.871. The lowest BCUT2D eigenvalue weighted by molar-refractivity contribution is -0.120. The van der Waals surface area contributed by atoms with Gasteiger partial charge in [-0.3, -0.25) is 4.79 Å². The van der Waals surface area contributed by atoms with E-state index in [-0.39, 0.29) is 16.4 Å². The first-order valence-electron chi connectivity index (χ1n) is 6.73. The number of hydrogen-bond acceptors (Lipinski definition) is 3. The number of benzene rings is 1. The zero-order chi connectivity index (χ0) is 13.7. The lowest BCUT2D eigenvalue weighted by Crippen LogP contribution is -2.39. The zero-order valence-electron chi connectivity index (χ0n) is 11.3. The number of phenolic OH excluding ortho intramolecular Hbond substituents is 1. The maximum absolute atomic E-state index is 11.9. The van der Waals surface area contributed by atoms with Crippen LogP contribution in [0, 0.1) is 0 Å². The van der Waals surface area contributed by atoms with Gasteiger partial charge in [0.15, 0.2) is 0 Å². The zero-order valence-corrected chi connectivity index (χ0v) is 12.1. The number of amides is 1. The van der Waals surface area contributed by atoms with Crippen LogP contribution in [-0.2, 0) is 11.2 Å². The Labute approximate surface area is 118 Å². The van der Waals surface area contributed by atoms with Gasteiger partial charge in [0.2, 0.25) is 5.91 Å². The van der Waals surface area contributed by atoms with E-state index in [1.807, 2.05) is 17.8 Å². The number of hydrogen-bond donors (Lipinski definition) is 2. The van der Waals surface area contributed by atoms with Crippen LogP contribution < -0.4 is 5.32 Å². The molecule has 0 spiro atoms. The molecule has 104 valence electrons. The fourth-order valence-corrected chi connectivity index (χ4v) is 3.56. The Morgan fingerprint density at radius 3 is 2.79 bits per heavy atom. The van der Waals surface area contributed by atoms with Crippen molar-refractivity contribution in [1.82, 2.24) is 5.32 Å². The largest absolute Gasteiger partial charge is 0.508 e. The third-order valence-corrected chi connectivity index (χ3v) is 5.25. The molecule has 3 nitrogen and oxygen atoms in total. The highest BCUT2D eigenvalue weighted by Crippen LogP contribution is 2.39. The van der Waals surface area contributed by atoms with Crippen molar-refractivity contribution in [3.05, 3.63) is 29.8 Å². The molecule has 0 bridgehead atoms. The first kappa shape index (κ1) is 14.3. The average Bonchev–Trinajstić information content (AvgIpc) is 2.86. The number of nitrogens with one attached hydrogen (secondary N) is 1. The monoisotopic (exact) mass is 279 g/mol. The molecule has 1 fully saturated rings. The van der Waals surface area contributed by atoms with Crippen LogP contribution in [0.4, 0.5) is 0 Å². The second-order valence-electron chi connectivity index (χ2n) is 5.22.